The third kappa shape index (κ3) is 6.94. The van der Waals surface area contributed by atoms with Crippen LogP contribution in [0.15, 0.2) is 87.0 Å². The van der Waals surface area contributed by atoms with E-state index in [1.807, 2.05) is 6.92 Å². The third-order valence-corrected chi connectivity index (χ3v) is 10.3. The molecule has 0 aliphatic carbocycles. The molecule has 0 spiro atoms. The van der Waals surface area contributed by atoms with E-state index in [1.165, 1.54) is 28.6 Å². The SMILES string of the molecule is Cc1cc(C)c(S(=O)(=O)N(Cc2ccc(-c3cccc(S(=O)(=O)CC(=O)O)c3)cc2)Cc2ccc(C(F)F)o2)c(C)c1. The van der Waals surface area contributed by atoms with Crippen molar-refractivity contribution < 1.29 is 39.9 Å². The van der Waals surface area contributed by atoms with Crippen LogP contribution in [-0.2, 0) is 37.7 Å². The van der Waals surface area contributed by atoms with Gasteiger partial charge >= 0.3 is 5.97 Å². The molecule has 0 saturated heterocycles. The number of benzene rings is 3. The van der Waals surface area contributed by atoms with Crippen molar-refractivity contribution in [3.05, 3.63) is 107 Å². The van der Waals surface area contributed by atoms with E-state index in [-0.39, 0.29) is 28.6 Å². The molecule has 0 fully saturated rings. The first-order valence-corrected chi connectivity index (χ1v) is 15.9. The van der Waals surface area contributed by atoms with Gasteiger partial charge in [-0.1, -0.05) is 54.1 Å². The third-order valence-electron chi connectivity index (χ3n) is 6.59. The monoisotopic (exact) mass is 617 g/mol. The fraction of sp³-hybridized carbons (Fsp3) is 0.233. The van der Waals surface area contributed by atoms with Gasteiger partial charge in [-0.15, -0.1) is 0 Å². The molecule has 1 heterocycles. The van der Waals surface area contributed by atoms with E-state index < -0.39 is 43.8 Å². The number of hydrogen-bond donors (Lipinski definition) is 1. The summed E-state index contributed by atoms with van der Waals surface area (Å²) in [6, 6.07) is 18.6. The topological polar surface area (TPSA) is 122 Å². The minimum absolute atomic E-state index is 0.0623. The summed E-state index contributed by atoms with van der Waals surface area (Å²) in [7, 11) is -8.14. The van der Waals surface area contributed by atoms with Crippen molar-refractivity contribution in [1.29, 1.82) is 0 Å². The molecule has 42 heavy (non-hydrogen) atoms. The molecular weight excluding hydrogens is 588 g/mol. The number of halogens is 2. The number of furan rings is 1. The quantitative estimate of drug-likeness (QED) is 0.217. The van der Waals surface area contributed by atoms with E-state index in [0.29, 0.717) is 27.8 Å². The summed E-state index contributed by atoms with van der Waals surface area (Å²) in [5.74, 6) is -2.98. The highest BCUT2D eigenvalue weighted by molar-refractivity contribution is 7.92. The number of alkyl halides is 2. The number of hydrogen-bond acceptors (Lipinski definition) is 6. The average molecular weight is 618 g/mol. The molecule has 0 aliphatic rings. The molecule has 0 atom stereocenters. The van der Waals surface area contributed by atoms with Crippen LogP contribution in [0, 0.1) is 20.8 Å². The van der Waals surface area contributed by atoms with Crippen molar-refractivity contribution in [3.63, 3.8) is 0 Å². The van der Waals surface area contributed by atoms with Gasteiger partial charge in [-0.25, -0.2) is 25.6 Å². The lowest BCUT2D eigenvalue weighted by Crippen LogP contribution is -2.31. The van der Waals surface area contributed by atoms with Crippen LogP contribution in [0.25, 0.3) is 11.1 Å². The highest BCUT2D eigenvalue weighted by atomic mass is 32.2. The van der Waals surface area contributed by atoms with Crippen molar-refractivity contribution in [3.8, 4) is 11.1 Å². The molecule has 3 aromatic carbocycles. The van der Waals surface area contributed by atoms with Crippen LogP contribution in [-0.4, -0.2) is 38.0 Å². The van der Waals surface area contributed by atoms with Crippen LogP contribution >= 0.6 is 0 Å². The minimum Gasteiger partial charge on any atom is -0.480 e. The zero-order valence-electron chi connectivity index (χ0n) is 23.0. The van der Waals surface area contributed by atoms with Gasteiger partial charge in [-0.05, 0) is 72.9 Å². The molecule has 12 heteroatoms. The van der Waals surface area contributed by atoms with E-state index in [0.717, 1.165) is 11.6 Å². The van der Waals surface area contributed by atoms with Crippen LogP contribution in [0.5, 0.6) is 0 Å². The second-order valence-electron chi connectivity index (χ2n) is 9.98. The molecule has 8 nitrogen and oxygen atoms in total. The maximum Gasteiger partial charge on any atom is 0.319 e. The minimum atomic E-state index is -4.11. The number of aliphatic carboxylic acids is 1. The van der Waals surface area contributed by atoms with Crippen molar-refractivity contribution >= 4 is 25.8 Å². The predicted octanol–water partition coefficient (Wildman–Crippen LogP) is 6.06. The molecule has 0 saturated carbocycles. The first kappa shape index (κ1) is 31.1. The molecule has 4 rings (SSSR count). The van der Waals surface area contributed by atoms with Gasteiger partial charge in [0.05, 0.1) is 16.3 Å². The summed E-state index contributed by atoms with van der Waals surface area (Å²) in [6.45, 7) is 4.88. The standard InChI is InChI=1S/C30H29F2NO7S2/c1-19-13-20(2)29(21(3)14-19)42(38,39)33(17-25-11-12-27(40-25)30(31)32)16-22-7-9-23(10-8-22)24-5-4-6-26(15-24)41(36,37)18-28(34)35/h4-15,30H,16-18H2,1-3H3,(H,34,35). The summed E-state index contributed by atoms with van der Waals surface area (Å²) in [5.41, 5.74) is 3.74. The van der Waals surface area contributed by atoms with Crippen LogP contribution in [0.3, 0.4) is 0 Å². The summed E-state index contributed by atoms with van der Waals surface area (Å²) in [6.07, 6.45) is -2.84. The lowest BCUT2D eigenvalue weighted by Gasteiger charge is -2.24. The number of rotatable bonds is 11. The first-order valence-electron chi connectivity index (χ1n) is 12.8. The number of carboxylic acid groups (broad SMARTS) is 1. The zero-order chi connectivity index (χ0) is 30.8. The Morgan fingerprint density at radius 3 is 2.07 bits per heavy atom. The Kier molecular flexibility index (Phi) is 9.00. The summed E-state index contributed by atoms with van der Waals surface area (Å²) < 4.78 is 85.4. The average Bonchev–Trinajstić information content (AvgIpc) is 3.36. The van der Waals surface area contributed by atoms with Gasteiger partial charge in [0.2, 0.25) is 10.0 Å². The lowest BCUT2D eigenvalue weighted by atomic mass is 10.0. The van der Waals surface area contributed by atoms with Gasteiger partial charge in [-0.3, -0.25) is 4.79 Å². The predicted molar refractivity (Wildman–Crippen MR) is 152 cm³/mol. The Morgan fingerprint density at radius 1 is 0.857 bits per heavy atom. The second-order valence-corrected chi connectivity index (χ2v) is 13.8. The molecule has 0 amide bonds. The van der Waals surface area contributed by atoms with Crippen LogP contribution in [0.2, 0.25) is 0 Å². The van der Waals surface area contributed by atoms with E-state index in [9.17, 15) is 30.4 Å². The molecule has 0 unspecified atom stereocenters. The van der Waals surface area contributed by atoms with Gasteiger partial charge in [0.1, 0.15) is 5.76 Å². The molecular formula is C30H29F2NO7S2. The van der Waals surface area contributed by atoms with Gasteiger partial charge < -0.3 is 9.52 Å². The summed E-state index contributed by atoms with van der Waals surface area (Å²) in [4.78, 5) is 11.0. The van der Waals surface area contributed by atoms with E-state index in [1.54, 1.807) is 56.3 Å². The largest absolute Gasteiger partial charge is 0.480 e. The number of carboxylic acids is 1. The van der Waals surface area contributed by atoms with Crippen LogP contribution < -0.4 is 0 Å². The molecule has 1 N–H and O–H groups in total. The molecule has 0 aliphatic heterocycles. The van der Waals surface area contributed by atoms with Gasteiger partial charge in [0, 0.05) is 6.54 Å². The smallest absolute Gasteiger partial charge is 0.319 e. The maximum absolute atomic E-state index is 14.0. The number of carbonyl (C=O) groups is 1. The molecule has 222 valence electrons. The zero-order valence-corrected chi connectivity index (χ0v) is 24.7. The fourth-order valence-electron chi connectivity index (χ4n) is 4.82. The van der Waals surface area contributed by atoms with Crippen molar-refractivity contribution in [1.82, 2.24) is 4.31 Å². The first-order chi connectivity index (χ1) is 19.7. The Bertz CT molecular complexity index is 1810. The highest BCUT2D eigenvalue weighted by Crippen LogP contribution is 2.30. The summed E-state index contributed by atoms with van der Waals surface area (Å²) >= 11 is 0. The molecule has 0 radical (unpaired) electrons. The molecule has 1 aromatic heterocycles. The van der Waals surface area contributed by atoms with Gasteiger partial charge in [0.25, 0.3) is 6.43 Å². The van der Waals surface area contributed by atoms with E-state index >= 15 is 0 Å². The van der Waals surface area contributed by atoms with E-state index in [2.05, 4.69) is 0 Å². The van der Waals surface area contributed by atoms with Crippen LogP contribution in [0.4, 0.5) is 8.78 Å². The van der Waals surface area contributed by atoms with Crippen molar-refractivity contribution in [2.24, 2.45) is 0 Å². The number of sulfone groups is 1. The van der Waals surface area contributed by atoms with Crippen molar-refractivity contribution in [2.45, 2.75) is 50.1 Å². The van der Waals surface area contributed by atoms with Gasteiger partial charge in [0.15, 0.2) is 21.4 Å². The Morgan fingerprint density at radius 2 is 1.50 bits per heavy atom. The van der Waals surface area contributed by atoms with Crippen LogP contribution in [0.1, 0.15) is 40.2 Å². The highest BCUT2D eigenvalue weighted by Gasteiger charge is 2.30. The number of sulfonamides is 1. The molecule has 4 aromatic rings. The maximum atomic E-state index is 14.0. The van der Waals surface area contributed by atoms with Gasteiger partial charge in [-0.2, -0.15) is 4.31 Å². The Balaban J connectivity index is 1.68. The normalized spacial score (nSPS) is 12.3. The summed E-state index contributed by atoms with van der Waals surface area (Å²) in [5, 5.41) is 8.93. The van der Waals surface area contributed by atoms with E-state index in [4.69, 9.17) is 9.52 Å². The Labute approximate surface area is 243 Å². The van der Waals surface area contributed by atoms with Crippen molar-refractivity contribution in [2.75, 3.05) is 5.75 Å². The fourth-order valence-corrected chi connectivity index (χ4v) is 7.71. The number of aryl methyl sites for hydroxylation is 3. The molecule has 0 bridgehead atoms. The second kappa shape index (κ2) is 12.2. The number of nitrogens with zero attached hydrogens (tertiary/aromatic N) is 1. The Hall–Kier alpha value is -3.87. The lowest BCUT2D eigenvalue weighted by molar-refractivity contribution is -0.134.